The van der Waals surface area contributed by atoms with Crippen molar-refractivity contribution in [3.8, 4) is 0 Å². The maximum atomic E-state index is 11.8. The molecule has 0 aromatic heterocycles. The number of carbonyl (C=O) groups excluding carboxylic acids is 1. The Morgan fingerprint density at radius 1 is 1.28 bits per heavy atom. The Kier molecular flexibility index (Phi) is 3.92. The molecule has 94 valence electrons. The van der Waals surface area contributed by atoms with Gasteiger partial charge >= 0.3 is 0 Å². The number of hydrogen-bond acceptors (Lipinski definition) is 3. The second-order valence-corrected chi connectivity index (χ2v) is 4.08. The van der Waals surface area contributed by atoms with E-state index in [0.29, 0.717) is 0 Å². The van der Waals surface area contributed by atoms with E-state index in [9.17, 15) is 4.79 Å². The molecule has 4 nitrogen and oxygen atoms in total. The summed E-state index contributed by atoms with van der Waals surface area (Å²) in [6, 6.07) is 13.0. The number of rotatable bonds is 4. The molecule has 2 aromatic rings. The van der Waals surface area contributed by atoms with Gasteiger partial charge in [-0.25, -0.2) is 0 Å². The largest absolute Gasteiger partial charge is 0.383 e. The second-order valence-electron chi connectivity index (χ2n) is 4.08. The van der Waals surface area contributed by atoms with Gasteiger partial charge in [-0.05, 0) is 11.5 Å². The van der Waals surface area contributed by atoms with Crippen LogP contribution in [0.4, 0.5) is 5.69 Å². The molecule has 1 atom stereocenters. The van der Waals surface area contributed by atoms with Crippen LogP contribution in [0.3, 0.4) is 0 Å². The first-order valence-corrected chi connectivity index (χ1v) is 5.75. The van der Waals surface area contributed by atoms with Gasteiger partial charge in [0.05, 0.1) is 6.61 Å². The second kappa shape index (κ2) is 5.62. The number of hydrogen-bond donors (Lipinski definition) is 2. The number of ether oxygens (including phenoxy) is 1. The van der Waals surface area contributed by atoms with Crippen LogP contribution in [0.15, 0.2) is 42.5 Å². The van der Waals surface area contributed by atoms with Crippen LogP contribution in [-0.4, -0.2) is 25.7 Å². The number of carbonyl (C=O) groups is 1. The molecule has 0 bridgehead atoms. The van der Waals surface area contributed by atoms with Gasteiger partial charge in [0.2, 0.25) is 5.91 Å². The lowest BCUT2D eigenvalue weighted by atomic mass is 10.1. The van der Waals surface area contributed by atoms with Crippen molar-refractivity contribution in [2.45, 2.75) is 6.04 Å². The van der Waals surface area contributed by atoms with E-state index in [4.69, 9.17) is 10.5 Å². The van der Waals surface area contributed by atoms with Crippen LogP contribution in [-0.2, 0) is 9.53 Å². The summed E-state index contributed by atoms with van der Waals surface area (Å²) in [7, 11) is 1.52. The van der Waals surface area contributed by atoms with E-state index in [1.54, 1.807) is 0 Å². The van der Waals surface area contributed by atoms with E-state index >= 15 is 0 Å². The van der Waals surface area contributed by atoms with Crippen molar-refractivity contribution in [3.05, 3.63) is 42.5 Å². The minimum absolute atomic E-state index is 0.205. The molecule has 0 aliphatic heterocycles. The minimum atomic E-state index is -0.658. The average molecular weight is 244 g/mol. The van der Waals surface area contributed by atoms with Gasteiger partial charge in [-0.1, -0.05) is 36.4 Å². The Morgan fingerprint density at radius 3 is 2.78 bits per heavy atom. The summed E-state index contributed by atoms with van der Waals surface area (Å²) < 4.78 is 4.86. The number of fused-ring (bicyclic) bond motifs is 1. The molecular weight excluding hydrogens is 228 g/mol. The van der Waals surface area contributed by atoms with Gasteiger partial charge < -0.3 is 15.8 Å². The highest BCUT2D eigenvalue weighted by Crippen LogP contribution is 2.22. The van der Waals surface area contributed by atoms with Crippen LogP contribution in [0.5, 0.6) is 0 Å². The summed E-state index contributed by atoms with van der Waals surface area (Å²) in [4.78, 5) is 11.8. The fraction of sp³-hybridized carbons (Fsp3) is 0.214. The number of benzene rings is 2. The van der Waals surface area contributed by atoms with Crippen molar-refractivity contribution in [1.82, 2.24) is 0 Å². The molecule has 0 saturated heterocycles. The molecule has 0 heterocycles. The van der Waals surface area contributed by atoms with Crippen molar-refractivity contribution < 1.29 is 9.53 Å². The van der Waals surface area contributed by atoms with Gasteiger partial charge in [-0.2, -0.15) is 0 Å². The zero-order chi connectivity index (χ0) is 13.0. The monoisotopic (exact) mass is 244 g/mol. The maximum Gasteiger partial charge on any atom is 0.243 e. The smallest absolute Gasteiger partial charge is 0.243 e. The van der Waals surface area contributed by atoms with E-state index in [-0.39, 0.29) is 12.5 Å². The number of amides is 1. The van der Waals surface area contributed by atoms with E-state index in [2.05, 4.69) is 5.32 Å². The molecule has 0 spiro atoms. The van der Waals surface area contributed by atoms with E-state index in [1.165, 1.54) is 7.11 Å². The molecule has 0 saturated carbocycles. The van der Waals surface area contributed by atoms with Crippen molar-refractivity contribution in [1.29, 1.82) is 0 Å². The van der Waals surface area contributed by atoms with E-state index in [1.807, 2.05) is 42.5 Å². The molecule has 0 aliphatic rings. The van der Waals surface area contributed by atoms with Gasteiger partial charge in [0.1, 0.15) is 6.04 Å². The third kappa shape index (κ3) is 2.67. The Morgan fingerprint density at radius 2 is 2.00 bits per heavy atom. The maximum absolute atomic E-state index is 11.8. The highest BCUT2D eigenvalue weighted by molar-refractivity contribution is 6.03. The summed E-state index contributed by atoms with van der Waals surface area (Å²) in [6.07, 6.45) is 0. The Balaban J connectivity index is 2.24. The predicted molar refractivity (Wildman–Crippen MR) is 72.4 cm³/mol. The molecule has 18 heavy (non-hydrogen) atoms. The highest BCUT2D eigenvalue weighted by atomic mass is 16.5. The number of nitrogens with one attached hydrogen (secondary N) is 1. The predicted octanol–water partition coefficient (Wildman–Crippen LogP) is 1.75. The first-order chi connectivity index (χ1) is 8.72. The molecule has 1 unspecified atom stereocenters. The summed E-state index contributed by atoms with van der Waals surface area (Å²) in [5.74, 6) is -0.242. The summed E-state index contributed by atoms with van der Waals surface area (Å²) in [6.45, 7) is 0.205. The van der Waals surface area contributed by atoms with Crippen molar-refractivity contribution in [2.24, 2.45) is 5.73 Å². The third-order valence-corrected chi connectivity index (χ3v) is 2.73. The van der Waals surface area contributed by atoms with Crippen LogP contribution in [0.1, 0.15) is 0 Å². The SMILES string of the molecule is COCC(N)C(=O)Nc1cccc2ccccc12. The van der Waals surface area contributed by atoms with Gasteiger partial charge in [0.15, 0.2) is 0 Å². The quantitative estimate of drug-likeness (QED) is 0.861. The number of nitrogens with two attached hydrogens (primary N) is 1. The number of anilines is 1. The Hall–Kier alpha value is -1.91. The standard InChI is InChI=1S/C14H16N2O2/c1-18-9-12(15)14(17)16-13-8-4-6-10-5-2-3-7-11(10)13/h2-8,12H,9,15H2,1H3,(H,16,17). The lowest BCUT2D eigenvalue weighted by Crippen LogP contribution is -2.39. The average Bonchev–Trinajstić information content (AvgIpc) is 2.39. The minimum Gasteiger partial charge on any atom is -0.383 e. The topological polar surface area (TPSA) is 64.3 Å². The Bertz CT molecular complexity index is 549. The van der Waals surface area contributed by atoms with Crippen molar-refractivity contribution in [2.75, 3.05) is 19.0 Å². The van der Waals surface area contributed by atoms with Crippen LogP contribution in [0.25, 0.3) is 10.8 Å². The molecule has 2 rings (SSSR count). The van der Waals surface area contributed by atoms with Crippen LogP contribution in [0, 0.1) is 0 Å². The molecule has 4 heteroatoms. The molecule has 0 fully saturated rings. The van der Waals surface area contributed by atoms with Crippen LogP contribution in [0.2, 0.25) is 0 Å². The lowest BCUT2D eigenvalue weighted by molar-refractivity contribution is -0.118. The first kappa shape index (κ1) is 12.5. The van der Waals surface area contributed by atoms with Gasteiger partial charge in [0, 0.05) is 18.2 Å². The zero-order valence-corrected chi connectivity index (χ0v) is 10.2. The van der Waals surface area contributed by atoms with Crippen LogP contribution >= 0.6 is 0 Å². The van der Waals surface area contributed by atoms with Gasteiger partial charge in [-0.15, -0.1) is 0 Å². The van der Waals surface area contributed by atoms with Crippen molar-refractivity contribution in [3.63, 3.8) is 0 Å². The normalized spacial score (nSPS) is 12.3. The summed E-state index contributed by atoms with van der Waals surface area (Å²) >= 11 is 0. The summed E-state index contributed by atoms with van der Waals surface area (Å²) in [5.41, 5.74) is 6.45. The van der Waals surface area contributed by atoms with Crippen LogP contribution < -0.4 is 11.1 Å². The molecule has 0 aliphatic carbocycles. The molecule has 3 N–H and O–H groups in total. The van der Waals surface area contributed by atoms with Gasteiger partial charge in [-0.3, -0.25) is 4.79 Å². The number of methoxy groups -OCH3 is 1. The molecule has 2 aromatic carbocycles. The molecule has 1 amide bonds. The fourth-order valence-electron chi connectivity index (χ4n) is 1.82. The first-order valence-electron chi connectivity index (χ1n) is 5.75. The highest BCUT2D eigenvalue weighted by Gasteiger charge is 2.13. The lowest BCUT2D eigenvalue weighted by Gasteiger charge is -2.12. The van der Waals surface area contributed by atoms with E-state index < -0.39 is 6.04 Å². The summed E-state index contributed by atoms with van der Waals surface area (Å²) in [5, 5.41) is 4.90. The Labute approximate surface area is 106 Å². The molecule has 0 radical (unpaired) electrons. The molecular formula is C14H16N2O2. The fourth-order valence-corrected chi connectivity index (χ4v) is 1.82. The third-order valence-electron chi connectivity index (χ3n) is 2.73. The van der Waals surface area contributed by atoms with Gasteiger partial charge in [0.25, 0.3) is 0 Å². The van der Waals surface area contributed by atoms with Crippen molar-refractivity contribution >= 4 is 22.4 Å². The zero-order valence-electron chi connectivity index (χ0n) is 10.2. The van der Waals surface area contributed by atoms with E-state index in [0.717, 1.165) is 16.5 Å².